The van der Waals surface area contributed by atoms with Crippen molar-refractivity contribution in [3.63, 3.8) is 0 Å². The Morgan fingerprint density at radius 2 is 1.13 bits per heavy atom. The summed E-state index contributed by atoms with van der Waals surface area (Å²) in [4.78, 5) is 10.3. The molecule has 0 aliphatic carbocycles. The summed E-state index contributed by atoms with van der Waals surface area (Å²) in [6, 6.07) is 0. The number of aliphatic hydroxyl groups is 3. The van der Waals surface area contributed by atoms with Gasteiger partial charge in [-0.15, -0.1) is 0 Å². The maximum absolute atomic E-state index is 10.3. The van der Waals surface area contributed by atoms with E-state index in [4.69, 9.17) is 35.5 Å². The highest BCUT2D eigenvalue weighted by atomic mass is 16.5. The monoisotopic (exact) mass is 436 g/mol. The van der Waals surface area contributed by atoms with E-state index in [1.165, 1.54) is 70.6 Å². The first-order valence-corrected chi connectivity index (χ1v) is 11.1. The topological polar surface area (TPSA) is 159 Å². The van der Waals surface area contributed by atoms with Gasteiger partial charge in [-0.25, -0.2) is 0 Å². The van der Waals surface area contributed by atoms with Gasteiger partial charge >= 0.3 is 13.3 Å². The van der Waals surface area contributed by atoms with Gasteiger partial charge in [0.1, 0.15) is 6.10 Å². The lowest BCUT2D eigenvalue weighted by atomic mass is 10.1. The van der Waals surface area contributed by atoms with Crippen molar-refractivity contribution in [2.24, 2.45) is 0 Å². The van der Waals surface area contributed by atoms with E-state index in [-0.39, 0.29) is 13.2 Å². The summed E-state index contributed by atoms with van der Waals surface area (Å²) in [7, 11) is -2.17. The summed E-state index contributed by atoms with van der Waals surface area (Å²) >= 11 is 0. The lowest BCUT2D eigenvalue weighted by Crippen LogP contribution is -2.15. The van der Waals surface area contributed by atoms with Crippen LogP contribution in [0.5, 0.6) is 0 Å². The van der Waals surface area contributed by atoms with E-state index in [0.29, 0.717) is 6.42 Å². The maximum Gasteiger partial charge on any atom is 0.631 e. The van der Waals surface area contributed by atoms with Gasteiger partial charge in [-0.2, -0.15) is 0 Å². The van der Waals surface area contributed by atoms with Crippen LogP contribution in [-0.4, -0.2) is 68.1 Å². The molecule has 0 aromatic heterocycles. The van der Waals surface area contributed by atoms with Crippen molar-refractivity contribution >= 4 is 13.3 Å². The predicted octanol–water partition coefficient (Wildman–Crippen LogP) is 2.39. The van der Waals surface area contributed by atoms with Gasteiger partial charge in [0.05, 0.1) is 13.2 Å². The van der Waals surface area contributed by atoms with Gasteiger partial charge in [-0.3, -0.25) is 4.79 Å². The van der Waals surface area contributed by atoms with Crippen molar-refractivity contribution < 1.29 is 40.3 Å². The second kappa shape index (κ2) is 30.2. The summed E-state index contributed by atoms with van der Waals surface area (Å²) in [6.45, 7) is 1.53. The van der Waals surface area contributed by atoms with Crippen molar-refractivity contribution in [2.45, 2.75) is 103 Å². The van der Waals surface area contributed by atoms with Crippen molar-refractivity contribution in [2.75, 3.05) is 13.2 Å². The van der Waals surface area contributed by atoms with E-state index in [0.717, 1.165) is 12.8 Å². The second-order valence-electron chi connectivity index (χ2n) is 7.09. The Labute approximate surface area is 182 Å². The quantitative estimate of drug-likeness (QED) is 0.104. The molecule has 0 radical (unpaired) electrons. The number of allylic oxidation sites excluding steroid dienone is 2. The van der Waals surface area contributed by atoms with Crippen LogP contribution in [-0.2, 0) is 4.79 Å². The van der Waals surface area contributed by atoms with Crippen molar-refractivity contribution in [1.82, 2.24) is 0 Å². The molecule has 0 rings (SSSR count). The first-order valence-electron chi connectivity index (χ1n) is 11.1. The van der Waals surface area contributed by atoms with E-state index in [2.05, 4.69) is 19.1 Å². The fraction of sp³-hybridized carbons (Fsp3) is 0.857. The molecule has 7 N–H and O–H groups in total. The van der Waals surface area contributed by atoms with Crippen LogP contribution in [0.15, 0.2) is 12.2 Å². The van der Waals surface area contributed by atoms with Crippen molar-refractivity contribution in [3.05, 3.63) is 12.2 Å². The normalized spacial score (nSPS) is 10.4. The van der Waals surface area contributed by atoms with Gasteiger partial charge in [-0.1, -0.05) is 70.4 Å². The van der Waals surface area contributed by atoms with Crippen LogP contribution in [0.2, 0.25) is 0 Å². The van der Waals surface area contributed by atoms with Crippen LogP contribution in [0.3, 0.4) is 0 Å². The van der Waals surface area contributed by atoms with E-state index in [1.807, 2.05) is 0 Å². The highest BCUT2D eigenvalue weighted by Crippen LogP contribution is 2.09. The summed E-state index contributed by atoms with van der Waals surface area (Å²) in [5.74, 6) is -0.664. The van der Waals surface area contributed by atoms with Crippen molar-refractivity contribution in [1.29, 1.82) is 0 Å². The highest BCUT2D eigenvalue weighted by Gasteiger charge is 1.96. The molecule has 0 aromatic carbocycles. The molecule has 8 nitrogen and oxygen atoms in total. The van der Waals surface area contributed by atoms with Gasteiger partial charge in [-0.05, 0) is 32.1 Å². The fourth-order valence-electron chi connectivity index (χ4n) is 2.40. The van der Waals surface area contributed by atoms with Gasteiger partial charge < -0.3 is 35.5 Å². The van der Waals surface area contributed by atoms with E-state index in [1.54, 1.807) is 0 Å². The van der Waals surface area contributed by atoms with Gasteiger partial charge in [0.25, 0.3) is 0 Å². The Morgan fingerprint density at radius 3 is 1.47 bits per heavy atom. The maximum atomic E-state index is 10.3. The third-order valence-electron chi connectivity index (χ3n) is 4.07. The molecule has 0 bridgehead atoms. The zero-order valence-corrected chi connectivity index (χ0v) is 18.7. The van der Waals surface area contributed by atoms with Crippen molar-refractivity contribution in [3.8, 4) is 0 Å². The van der Waals surface area contributed by atoms with Gasteiger partial charge in [0.2, 0.25) is 0 Å². The molecule has 0 saturated heterocycles. The summed E-state index contributed by atoms with van der Waals surface area (Å²) in [5.41, 5.74) is 0. The van der Waals surface area contributed by atoms with Crippen LogP contribution in [0, 0.1) is 0 Å². The number of aliphatic hydroxyl groups excluding tert-OH is 3. The lowest BCUT2D eigenvalue weighted by Gasteiger charge is -1.99. The van der Waals surface area contributed by atoms with Crippen LogP contribution in [0.4, 0.5) is 0 Å². The minimum atomic E-state index is -2.17. The number of rotatable bonds is 17. The SMILES string of the molecule is CCCCCCCC/C=C\CCCCCCCC(=O)O.OB(O)O.OCC(O)CO. The minimum absolute atomic E-state index is 0.332. The van der Waals surface area contributed by atoms with Gasteiger partial charge in [0.15, 0.2) is 0 Å². The van der Waals surface area contributed by atoms with E-state index in [9.17, 15) is 4.79 Å². The number of hydrogen-bond donors (Lipinski definition) is 7. The Morgan fingerprint density at radius 1 is 0.767 bits per heavy atom. The predicted molar refractivity (Wildman–Crippen MR) is 120 cm³/mol. The van der Waals surface area contributed by atoms with Crippen LogP contribution < -0.4 is 0 Å². The minimum Gasteiger partial charge on any atom is -0.481 e. The smallest absolute Gasteiger partial charge is 0.481 e. The molecule has 0 unspecified atom stereocenters. The second-order valence-corrected chi connectivity index (χ2v) is 7.09. The number of carboxylic acids is 1. The molecular formula is C21H45BO8. The largest absolute Gasteiger partial charge is 0.631 e. The molecule has 0 aliphatic heterocycles. The number of carbonyl (C=O) groups is 1. The Balaban J connectivity index is -0.000000600. The molecule has 0 fully saturated rings. The van der Waals surface area contributed by atoms with Crippen LogP contribution in [0.25, 0.3) is 0 Å². The summed E-state index contributed by atoms with van der Waals surface area (Å²) in [6.07, 6.45) is 20.3. The average molecular weight is 436 g/mol. The lowest BCUT2D eigenvalue weighted by molar-refractivity contribution is -0.137. The third kappa shape index (κ3) is 45.7. The molecule has 0 aromatic rings. The summed E-state index contributed by atoms with van der Waals surface area (Å²) < 4.78 is 0. The number of unbranched alkanes of at least 4 members (excludes halogenated alkanes) is 11. The molecule has 0 atom stereocenters. The molecule has 0 saturated carbocycles. The number of hydrogen-bond acceptors (Lipinski definition) is 7. The zero-order chi connectivity index (χ0) is 23.5. The number of carboxylic acid groups (broad SMARTS) is 1. The molecule has 30 heavy (non-hydrogen) atoms. The molecule has 0 spiro atoms. The fourth-order valence-corrected chi connectivity index (χ4v) is 2.40. The molecule has 9 heteroatoms. The molecule has 0 amide bonds. The first-order chi connectivity index (χ1) is 14.3. The van der Waals surface area contributed by atoms with E-state index < -0.39 is 19.4 Å². The first kappa shape index (κ1) is 33.7. The molecule has 0 aliphatic rings. The Bertz CT molecular complexity index is 347. The Kier molecular flexibility index (Phi) is 33.9. The molecule has 180 valence electrons. The molecular weight excluding hydrogens is 391 g/mol. The standard InChI is InChI=1S/C18H34O2.C3H8O3.BH3O3/c1-2-3-4-5-6-7-8-9-10-11-12-13-14-15-16-17-18(19)20;4-1-3(6)2-5;2-1(3)4/h9-10H,2-8,11-17H2,1H3,(H,19,20);3-6H,1-2H2;2-4H/b10-9-;;. The van der Waals surface area contributed by atoms with Crippen LogP contribution >= 0.6 is 0 Å². The average Bonchev–Trinajstić information content (AvgIpc) is 2.70. The zero-order valence-electron chi connectivity index (χ0n) is 18.7. The van der Waals surface area contributed by atoms with Crippen LogP contribution in [0.1, 0.15) is 96.8 Å². The molecule has 0 heterocycles. The Hall–Kier alpha value is -0.965. The van der Waals surface area contributed by atoms with E-state index >= 15 is 0 Å². The third-order valence-corrected chi connectivity index (χ3v) is 4.07. The number of aliphatic carboxylic acids is 1. The van der Waals surface area contributed by atoms with Gasteiger partial charge in [0, 0.05) is 6.42 Å². The summed E-state index contributed by atoms with van der Waals surface area (Å²) in [5, 5.41) is 54.0. The highest BCUT2D eigenvalue weighted by molar-refractivity contribution is 6.30.